The lowest BCUT2D eigenvalue weighted by Gasteiger charge is -2.18. The molecule has 1 aromatic carbocycles. The fourth-order valence-corrected chi connectivity index (χ4v) is 3.61. The Bertz CT molecular complexity index is 510. The third kappa shape index (κ3) is 3.07. The number of aliphatic hydroxyl groups excluding tert-OH is 1. The molecule has 0 aliphatic carbocycles. The molecule has 0 saturated carbocycles. The third-order valence-corrected chi connectivity index (χ3v) is 5.07. The van der Waals surface area contributed by atoms with Crippen LogP contribution in [0.4, 0.5) is 0 Å². The molecule has 0 heterocycles. The minimum atomic E-state index is -3.83. The van der Waals surface area contributed by atoms with E-state index < -0.39 is 10.0 Å². The summed E-state index contributed by atoms with van der Waals surface area (Å²) in [6.07, 6.45) is 0. The maximum absolute atomic E-state index is 12.2. The Morgan fingerprint density at radius 3 is 2.22 bits per heavy atom. The molecule has 5 nitrogen and oxygen atoms in total. The first-order valence-electron chi connectivity index (χ1n) is 4.94. The molecule has 0 amide bonds. The minimum absolute atomic E-state index is 0.0239. The molecule has 0 unspecified atom stereocenters. The Kier molecular flexibility index (Phi) is 5.24. The molecule has 0 fully saturated rings. The van der Waals surface area contributed by atoms with E-state index in [-0.39, 0.29) is 28.1 Å². The number of sulfonamides is 1. The van der Waals surface area contributed by atoms with Gasteiger partial charge in [-0.3, -0.25) is 0 Å². The lowest BCUT2D eigenvalue weighted by atomic mass is 10.3. The first-order valence-corrected chi connectivity index (χ1v) is 7.14. The first-order chi connectivity index (χ1) is 8.34. The molecule has 0 bridgehead atoms. The maximum Gasteiger partial charge on any atom is 0.245 e. The molecule has 0 atom stereocenters. The second-order valence-corrected chi connectivity index (χ2v) is 6.27. The molecule has 0 saturated heterocycles. The van der Waals surface area contributed by atoms with Crippen molar-refractivity contribution in [2.24, 2.45) is 0 Å². The van der Waals surface area contributed by atoms with Crippen LogP contribution in [0.5, 0.6) is 5.75 Å². The van der Waals surface area contributed by atoms with E-state index in [4.69, 9.17) is 33.0 Å². The van der Waals surface area contributed by atoms with Gasteiger partial charge in [0.05, 0.1) is 23.8 Å². The lowest BCUT2D eigenvalue weighted by Crippen LogP contribution is -2.30. The highest BCUT2D eigenvalue weighted by Gasteiger charge is 2.26. The molecule has 0 aromatic heterocycles. The Hall–Kier alpha value is -0.530. The van der Waals surface area contributed by atoms with Crippen LogP contribution in [0.1, 0.15) is 0 Å². The zero-order valence-corrected chi connectivity index (χ0v) is 12.2. The normalized spacial score (nSPS) is 11.9. The Morgan fingerprint density at radius 1 is 1.33 bits per heavy atom. The molecule has 0 spiro atoms. The molecule has 102 valence electrons. The number of hydrogen-bond donors (Lipinski definition) is 1. The number of halogens is 2. The van der Waals surface area contributed by atoms with Gasteiger partial charge in [0.15, 0.2) is 0 Å². The summed E-state index contributed by atoms with van der Waals surface area (Å²) < 4.78 is 30.2. The van der Waals surface area contributed by atoms with Gasteiger partial charge in [0.25, 0.3) is 0 Å². The van der Waals surface area contributed by atoms with Crippen molar-refractivity contribution in [1.29, 1.82) is 0 Å². The van der Waals surface area contributed by atoms with Crippen LogP contribution in [0.2, 0.25) is 10.0 Å². The molecule has 0 aliphatic heterocycles. The van der Waals surface area contributed by atoms with Gasteiger partial charge in [-0.2, -0.15) is 4.31 Å². The monoisotopic (exact) mass is 313 g/mol. The van der Waals surface area contributed by atoms with Gasteiger partial charge in [-0.15, -0.1) is 0 Å². The van der Waals surface area contributed by atoms with Crippen LogP contribution in [-0.2, 0) is 10.0 Å². The summed E-state index contributed by atoms with van der Waals surface area (Å²) in [6, 6.07) is 2.74. The van der Waals surface area contributed by atoms with Crippen molar-refractivity contribution in [2.75, 3.05) is 27.3 Å². The van der Waals surface area contributed by atoms with Crippen LogP contribution in [0.3, 0.4) is 0 Å². The summed E-state index contributed by atoms with van der Waals surface area (Å²) in [5, 5.41) is 8.73. The summed E-state index contributed by atoms with van der Waals surface area (Å²) in [4.78, 5) is -0.192. The molecule has 0 aliphatic rings. The fraction of sp³-hybridized carbons (Fsp3) is 0.400. The van der Waals surface area contributed by atoms with Crippen molar-refractivity contribution in [3.05, 3.63) is 22.2 Å². The van der Waals surface area contributed by atoms with E-state index in [9.17, 15) is 8.42 Å². The van der Waals surface area contributed by atoms with Crippen molar-refractivity contribution in [2.45, 2.75) is 4.90 Å². The highest BCUT2D eigenvalue weighted by molar-refractivity contribution is 7.89. The Labute approximate surface area is 116 Å². The standard InChI is InChI=1S/C10H13Cl2NO4S/c1-13(3-4-14)18(15,16)10-8(11)5-7(17-2)6-9(10)12/h5-6,14H,3-4H2,1-2H3. The van der Waals surface area contributed by atoms with E-state index in [0.29, 0.717) is 5.75 Å². The predicted octanol–water partition coefficient (Wildman–Crippen LogP) is 1.61. The highest BCUT2D eigenvalue weighted by Crippen LogP contribution is 2.35. The lowest BCUT2D eigenvalue weighted by molar-refractivity contribution is 0.266. The maximum atomic E-state index is 12.2. The molecule has 1 N–H and O–H groups in total. The van der Waals surface area contributed by atoms with Gasteiger partial charge in [-0.25, -0.2) is 8.42 Å². The van der Waals surface area contributed by atoms with E-state index in [1.807, 2.05) is 0 Å². The van der Waals surface area contributed by atoms with Gasteiger partial charge in [0.2, 0.25) is 10.0 Å². The number of aliphatic hydroxyl groups is 1. The van der Waals surface area contributed by atoms with Crippen molar-refractivity contribution < 1.29 is 18.3 Å². The summed E-state index contributed by atoms with van der Waals surface area (Å²) in [7, 11) is -1.07. The van der Waals surface area contributed by atoms with E-state index in [2.05, 4.69) is 0 Å². The summed E-state index contributed by atoms with van der Waals surface area (Å²) in [5.41, 5.74) is 0. The van der Waals surface area contributed by atoms with Crippen LogP contribution in [0, 0.1) is 0 Å². The van der Waals surface area contributed by atoms with Crippen molar-refractivity contribution in [3.8, 4) is 5.75 Å². The predicted molar refractivity (Wildman–Crippen MR) is 69.9 cm³/mol. The zero-order chi connectivity index (χ0) is 13.9. The van der Waals surface area contributed by atoms with Gasteiger partial charge in [-0.05, 0) is 0 Å². The average Bonchev–Trinajstić information content (AvgIpc) is 2.27. The second-order valence-electron chi connectivity index (χ2n) is 3.47. The minimum Gasteiger partial charge on any atom is -0.497 e. The van der Waals surface area contributed by atoms with E-state index >= 15 is 0 Å². The van der Waals surface area contributed by atoms with Gasteiger partial charge in [0.1, 0.15) is 10.6 Å². The van der Waals surface area contributed by atoms with Crippen LogP contribution < -0.4 is 4.74 Å². The molecular weight excluding hydrogens is 301 g/mol. The van der Waals surface area contributed by atoms with Crippen molar-refractivity contribution in [1.82, 2.24) is 4.31 Å². The molecule has 18 heavy (non-hydrogen) atoms. The van der Waals surface area contributed by atoms with Gasteiger partial charge < -0.3 is 9.84 Å². The third-order valence-electron chi connectivity index (χ3n) is 2.29. The van der Waals surface area contributed by atoms with Crippen LogP contribution in [0.25, 0.3) is 0 Å². The Morgan fingerprint density at radius 2 is 1.83 bits per heavy atom. The van der Waals surface area contributed by atoms with E-state index in [0.717, 1.165) is 4.31 Å². The van der Waals surface area contributed by atoms with E-state index in [1.165, 1.54) is 26.3 Å². The molecule has 1 aromatic rings. The molecule has 8 heteroatoms. The zero-order valence-electron chi connectivity index (χ0n) is 9.85. The second kappa shape index (κ2) is 6.08. The van der Waals surface area contributed by atoms with Gasteiger partial charge in [-0.1, -0.05) is 23.2 Å². The Balaban J connectivity index is 3.33. The molecule has 1 rings (SSSR count). The molecular formula is C10H13Cl2NO4S. The SMILES string of the molecule is COc1cc(Cl)c(S(=O)(=O)N(C)CCO)c(Cl)c1. The number of benzene rings is 1. The molecule has 0 radical (unpaired) electrons. The smallest absolute Gasteiger partial charge is 0.245 e. The van der Waals surface area contributed by atoms with E-state index in [1.54, 1.807) is 0 Å². The number of ether oxygens (including phenoxy) is 1. The average molecular weight is 314 g/mol. The fourth-order valence-electron chi connectivity index (χ4n) is 1.32. The van der Waals surface area contributed by atoms with Crippen LogP contribution >= 0.6 is 23.2 Å². The van der Waals surface area contributed by atoms with Crippen LogP contribution in [-0.4, -0.2) is 45.1 Å². The van der Waals surface area contributed by atoms with Crippen LogP contribution in [0.15, 0.2) is 17.0 Å². The summed E-state index contributed by atoms with van der Waals surface area (Å²) in [5.74, 6) is 0.369. The highest BCUT2D eigenvalue weighted by atomic mass is 35.5. The largest absolute Gasteiger partial charge is 0.497 e. The van der Waals surface area contributed by atoms with Crippen molar-refractivity contribution in [3.63, 3.8) is 0 Å². The number of rotatable bonds is 5. The van der Waals surface area contributed by atoms with Gasteiger partial charge >= 0.3 is 0 Å². The summed E-state index contributed by atoms with van der Waals surface area (Å²) in [6.45, 7) is -0.331. The topological polar surface area (TPSA) is 66.8 Å². The number of nitrogens with zero attached hydrogens (tertiary/aromatic N) is 1. The number of methoxy groups -OCH3 is 1. The number of likely N-dealkylation sites (N-methyl/N-ethyl adjacent to an activating group) is 1. The van der Waals surface area contributed by atoms with Crippen molar-refractivity contribution >= 4 is 33.2 Å². The van der Waals surface area contributed by atoms with Gasteiger partial charge in [0, 0.05) is 25.7 Å². The summed E-state index contributed by atoms with van der Waals surface area (Å²) >= 11 is 11.8. The first kappa shape index (κ1) is 15.5. The quantitative estimate of drug-likeness (QED) is 0.897. The number of hydrogen-bond acceptors (Lipinski definition) is 4.